The molecule has 0 aliphatic heterocycles. The summed E-state index contributed by atoms with van der Waals surface area (Å²) in [6.45, 7) is 4.71. The number of tetrazole rings is 1. The lowest BCUT2D eigenvalue weighted by molar-refractivity contribution is 0.789. The van der Waals surface area contributed by atoms with Crippen LogP contribution in [0.1, 0.15) is 17.0 Å². The van der Waals surface area contributed by atoms with Crippen molar-refractivity contribution in [3.63, 3.8) is 0 Å². The highest BCUT2D eigenvalue weighted by Gasteiger charge is 2.08. The number of anilines is 1. The second-order valence-corrected chi connectivity index (χ2v) is 4.54. The number of hydrogen-bond donors (Lipinski definition) is 2. The van der Waals surface area contributed by atoms with Crippen molar-refractivity contribution in [2.75, 3.05) is 5.32 Å². The van der Waals surface area contributed by atoms with Crippen LogP contribution >= 0.6 is 0 Å². The summed E-state index contributed by atoms with van der Waals surface area (Å²) in [6.07, 6.45) is 1.58. The van der Waals surface area contributed by atoms with Gasteiger partial charge in [-0.1, -0.05) is 12.1 Å². The molecule has 102 valence electrons. The van der Waals surface area contributed by atoms with Crippen LogP contribution in [0.25, 0.3) is 5.69 Å². The molecular weight excluding hydrogens is 254 g/mol. The first-order valence-corrected chi connectivity index (χ1v) is 6.32. The third kappa shape index (κ3) is 2.25. The standard InChI is InChI=1S/C13H15N7/c1-9-11(10(2)17-16-9)7-14-12-5-3-4-6-13(12)20-8-15-18-19-20/h3-6,8,14H,7H2,1-2H3,(H,16,17). The average molecular weight is 269 g/mol. The van der Waals surface area contributed by atoms with E-state index in [4.69, 9.17) is 0 Å². The molecular formula is C13H15N7. The third-order valence-corrected chi connectivity index (χ3v) is 3.24. The monoisotopic (exact) mass is 269 g/mol. The maximum absolute atomic E-state index is 4.20. The Kier molecular flexibility index (Phi) is 3.16. The molecule has 7 heteroatoms. The topological polar surface area (TPSA) is 84.3 Å². The van der Waals surface area contributed by atoms with Gasteiger partial charge in [-0.25, -0.2) is 0 Å². The minimum atomic E-state index is 0.702. The second-order valence-electron chi connectivity index (χ2n) is 4.54. The Bertz CT molecular complexity index is 680. The van der Waals surface area contributed by atoms with Gasteiger partial charge in [0.2, 0.25) is 0 Å². The van der Waals surface area contributed by atoms with E-state index < -0.39 is 0 Å². The van der Waals surface area contributed by atoms with Crippen molar-refractivity contribution in [1.29, 1.82) is 0 Å². The van der Waals surface area contributed by atoms with Crippen molar-refractivity contribution >= 4 is 5.69 Å². The summed E-state index contributed by atoms with van der Waals surface area (Å²) in [6, 6.07) is 7.90. The van der Waals surface area contributed by atoms with E-state index in [-0.39, 0.29) is 0 Å². The number of nitrogens with one attached hydrogen (secondary N) is 2. The molecule has 0 unspecified atom stereocenters. The Hall–Kier alpha value is -2.70. The molecule has 0 amide bonds. The van der Waals surface area contributed by atoms with E-state index in [1.807, 2.05) is 38.1 Å². The molecule has 1 aromatic carbocycles. The summed E-state index contributed by atoms with van der Waals surface area (Å²) in [4.78, 5) is 0. The Balaban J connectivity index is 1.85. The molecule has 7 nitrogen and oxygen atoms in total. The summed E-state index contributed by atoms with van der Waals surface area (Å²) < 4.78 is 1.64. The minimum absolute atomic E-state index is 0.702. The van der Waals surface area contributed by atoms with Crippen LogP contribution in [0.4, 0.5) is 5.69 Å². The zero-order valence-electron chi connectivity index (χ0n) is 11.3. The summed E-state index contributed by atoms with van der Waals surface area (Å²) in [5.41, 5.74) is 5.15. The van der Waals surface area contributed by atoms with Gasteiger partial charge in [-0.05, 0) is 36.4 Å². The van der Waals surface area contributed by atoms with E-state index in [9.17, 15) is 0 Å². The van der Waals surface area contributed by atoms with Crippen LogP contribution in [0.15, 0.2) is 30.6 Å². The molecule has 2 heterocycles. The van der Waals surface area contributed by atoms with Gasteiger partial charge in [-0.3, -0.25) is 5.10 Å². The molecule has 0 aliphatic carbocycles. The zero-order valence-corrected chi connectivity index (χ0v) is 11.3. The predicted octanol–water partition coefficient (Wildman–Crippen LogP) is 1.61. The van der Waals surface area contributed by atoms with Crippen molar-refractivity contribution < 1.29 is 0 Å². The number of rotatable bonds is 4. The molecule has 2 N–H and O–H groups in total. The summed E-state index contributed by atoms with van der Waals surface area (Å²) in [7, 11) is 0. The van der Waals surface area contributed by atoms with Gasteiger partial charge in [0.25, 0.3) is 0 Å². The molecule has 3 aromatic rings. The Morgan fingerprint density at radius 3 is 2.80 bits per heavy atom. The van der Waals surface area contributed by atoms with Gasteiger partial charge in [0.15, 0.2) is 0 Å². The summed E-state index contributed by atoms with van der Waals surface area (Å²) in [5, 5.41) is 21.9. The van der Waals surface area contributed by atoms with Gasteiger partial charge in [0, 0.05) is 17.8 Å². The van der Waals surface area contributed by atoms with Gasteiger partial charge in [-0.15, -0.1) is 5.10 Å². The highest BCUT2D eigenvalue weighted by Crippen LogP contribution is 2.20. The quantitative estimate of drug-likeness (QED) is 0.751. The third-order valence-electron chi connectivity index (χ3n) is 3.24. The number of hydrogen-bond acceptors (Lipinski definition) is 5. The van der Waals surface area contributed by atoms with Crippen LogP contribution in [0.5, 0.6) is 0 Å². The fraction of sp³-hybridized carbons (Fsp3) is 0.231. The van der Waals surface area contributed by atoms with Crippen LogP contribution in [-0.2, 0) is 6.54 Å². The summed E-state index contributed by atoms with van der Waals surface area (Å²) in [5.74, 6) is 0. The first-order chi connectivity index (χ1) is 9.75. The Morgan fingerprint density at radius 1 is 1.25 bits per heavy atom. The molecule has 0 aliphatic rings. The normalized spacial score (nSPS) is 10.7. The van der Waals surface area contributed by atoms with Crippen molar-refractivity contribution in [1.82, 2.24) is 30.4 Å². The smallest absolute Gasteiger partial charge is 0.143 e. The fourth-order valence-corrected chi connectivity index (χ4v) is 2.11. The van der Waals surface area contributed by atoms with Gasteiger partial charge in [0.05, 0.1) is 17.1 Å². The molecule has 20 heavy (non-hydrogen) atoms. The van der Waals surface area contributed by atoms with Gasteiger partial charge in [0.1, 0.15) is 6.33 Å². The maximum Gasteiger partial charge on any atom is 0.143 e. The van der Waals surface area contributed by atoms with Crippen molar-refractivity contribution in [2.24, 2.45) is 0 Å². The lowest BCUT2D eigenvalue weighted by Crippen LogP contribution is -2.06. The van der Waals surface area contributed by atoms with E-state index in [2.05, 4.69) is 31.0 Å². The fourth-order valence-electron chi connectivity index (χ4n) is 2.11. The van der Waals surface area contributed by atoms with E-state index in [1.165, 1.54) is 5.56 Å². The number of aryl methyl sites for hydroxylation is 2. The molecule has 2 aromatic heterocycles. The molecule has 0 fully saturated rings. The highest BCUT2D eigenvalue weighted by atomic mass is 15.5. The first kappa shape index (κ1) is 12.3. The van der Waals surface area contributed by atoms with Gasteiger partial charge >= 0.3 is 0 Å². The summed E-state index contributed by atoms with van der Waals surface area (Å²) >= 11 is 0. The van der Waals surface area contributed by atoms with Crippen LogP contribution in [0.2, 0.25) is 0 Å². The number of H-pyrrole nitrogens is 1. The first-order valence-electron chi connectivity index (χ1n) is 6.32. The molecule has 0 saturated carbocycles. The van der Waals surface area contributed by atoms with Crippen LogP contribution < -0.4 is 5.32 Å². The Labute approximate surface area is 116 Å². The van der Waals surface area contributed by atoms with E-state index in [1.54, 1.807) is 11.0 Å². The number of aromatic amines is 1. The Morgan fingerprint density at radius 2 is 2.10 bits per heavy atom. The van der Waals surface area contributed by atoms with Crippen LogP contribution in [0, 0.1) is 13.8 Å². The van der Waals surface area contributed by atoms with E-state index in [0.717, 1.165) is 22.8 Å². The molecule has 0 atom stereocenters. The largest absolute Gasteiger partial charge is 0.379 e. The van der Waals surface area contributed by atoms with Gasteiger partial charge < -0.3 is 5.32 Å². The SMILES string of the molecule is Cc1n[nH]c(C)c1CNc1ccccc1-n1cnnn1. The van der Waals surface area contributed by atoms with E-state index >= 15 is 0 Å². The highest BCUT2D eigenvalue weighted by molar-refractivity contribution is 5.60. The number of aromatic nitrogens is 6. The molecule has 0 radical (unpaired) electrons. The lowest BCUT2D eigenvalue weighted by atomic mass is 10.2. The van der Waals surface area contributed by atoms with Crippen LogP contribution in [0.3, 0.4) is 0 Å². The van der Waals surface area contributed by atoms with E-state index in [0.29, 0.717) is 6.54 Å². The molecule has 3 rings (SSSR count). The van der Waals surface area contributed by atoms with Crippen molar-refractivity contribution in [2.45, 2.75) is 20.4 Å². The average Bonchev–Trinajstić information content (AvgIpc) is 3.09. The molecule has 0 spiro atoms. The molecule has 0 bridgehead atoms. The predicted molar refractivity (Wildman–Crippen MR) is 74.5 cm³/mol. The van der Waals surface area contributed by atoms with Gasteiger partial charge in [-0.2, -0.15) is 9.78 Å². The second kappa shape index (κ2) is 5.12. The van der Waals surface area contributed by atoms with Crippen LogP contribution in [-0.4, -0.2) is 30.4 Å². The minimum Gasteiger partial charge on any atom is -0.379 e. The number of nitrogens with zero attached hydrogens (tertiary/aromatic N) is 5. The molecule has 0 saturated heterocycles. The number of para-hydroxylation sites is 2. The maximum atomic E-state index is 4.20. The van der Waals surface area contributed by atoms with Crippen molar-refractivity contribution in [3.05, 3.63) is 47.5 Å². The zero-order chi connectivity index (χ0) is 13.9. The number of benzene rings is 1. The lowest BCUT2D eigenvalue weighted by Gasteiger charge is -2.11. The van der Waals surface area contributed by atoms with Crippen molar-refractivity contribution in [3.8, 4) is 5.69 Å².